The minimum absolute atomic E-state index is 0.642. The quantitative estimate of drug-likeness (QED) is 0.197. The number of nitrogens with zero attached hydrogens (tertiary/aromatic N) is 4. The number of hydrogen-bond acceptors (Lipinski definition) is 3. The highest BCUT2D eigenvalue weighted by molar-refractivity contribution is 6.15. The molecule has 4 nitrogen and oxygen atoms in total. The number of rotatable bonds is 5. The summed E-state index contributed by atoms with van der Waals surface area (Å²) in [5.41, 5.74) is 8.55. The summed E-state index contributed by atoms with van der Waals surface area (Å²) in [6, 6.07) is 59.2. The van der Waals surface area contributed by atoms with Crippen LogP contribution >= 0.6 is 0 Å². The number of hydrogen-bond donors (Lipinski definition) is 0. The molecule has 0 unspecified atom stereocenters. The van der Waals surface area contributed by atoms with Gasteiger partial charge in [0.15, 0.2) is 17.5 Å². The van der Waals surface area contributed by atoms with Crippen LogP contribution < -0.4 is 0 Å². The molecule has 9 aromatic rings. The Balaban J connectivity index is 1.26. The average molecular weight is 601 g/mol. The molecule has 47 heavy (non-hydrogen) atoms. The van der Waals surface area contributed by atoms with Crippen molar-refractivity contribution in [2.45, 2.75) is 0 Å². The highest BCUT2D eigenvalue weighted by atomic mass is 15.0. The second-order valence-corrected chi connectivity index (χ2v) is 11.7. The lowest BCUT2D eigenvalue weighted by atomic mass is 10.0. The first-order chi connectivity index (χ1) is 23.3. The van der Waals surface area contributed by atoms with Gasteiger partial charge in [-0.15, -0.1) is 0 Å². The summed E-state index contributed by atoms with van der Waals surface area (Å²) in [5.74, 6) is 1.93. The van der Waals surface area contributed by atoms with Crippen molar-refractivity contribution in [3.8, 4) is 51.0 Å². The SMILES string of the molecule is c1ccc(-c2ccc(-c3nc(-c4ccccc4)nc(-c4cccc5c4c4ccccc4n5-c4ccc5ccccc5c4)n3)cc2)cc1. The Morgan fingerprint density at radius 1 is 0.362 bits per heavy atom. The third kappa shape index (κ3) is 4.75. The van der Waals surface area contributed by atoms with Crippen LogP contribution in [0.15, 0.2) is 170 Å². The number of aromatic nitrogens is 4. The molecule has 0 N–H and O–H groups in total. The zero-order chi connectivity index (χ0) is 31.2. The third-order valence-corrected chi connectivity index (χ3v) is 8.85. The molecule has 220 valence electrons. The van der Waals surface area contributed by atoms with Crippen LogP contribution in [-0.2, 0) is 0 Å². The first-order valence-electron chi connectivity index (χ1n) is 15.8. The van der Waals surface area contributed by atoms with Crippen molar-refractivity contribution in [1.82, 2.24) is 19.5 Å². The highest BCUT2D eigenvalue weighted by Crippen LogP contribution is 2.39. The van der Waals surface area contributed by atoms with Gasteiger partial charge in [-0.3, -0.25) is 0 Å². The molecule has 0 saturated carbocycles. The van der Waals surface area contributed by atoms with Crippen LogP contribution in [0.3, 0.4) is 0 Å². The number of para-hydroxylation sites is 1. The molecule has 0 saturated heterocycles. The van der Waals surface area contributed by atoms with Crippen molar-refractivity contribution in [2.24, 2.45) is 0 Å². The van der Waals surface area contributed by atoms with Crippen LogP contribution in [0.25, 0.3) is 83.6 Å². The van der Waals surface area contributed by atoms with E-state index in [-0.39, 0.29) is 0 Å². The van der Waals surface area contributed by atoms with E-state index in [1.807, 2.05) is 36.4 Å². The molecule has 0 aliphatic rings. The maximum absolute atomic E-state index is 5.15. The lowest BCUT2D eigenvalue weighted by Gasteiger charge is -2.11. The Bertz CT molecular complexity index is 2550. The van der Waals surface area contributed by atoms with Gasteiger partial charge < -0.3 is 4.57 Å². The Labute approximate surface area is 272 Å². The van der Waals surface area contributed by atoms with Crippen LogP contribution in [0.4, 0.5) is 0 Å². The molecule has 0 aliphatic carbocycles. The van der Waals surface area contributed by atoms with Crippen molar-refractivity contribution in [2.75, 3.05) is 0 Å². The summed E-state index contributed by atoms with van der Waals surface area (Å²) in [6.45, 7) is 0. The third-order valence-electron chi connectivity index (χ3n) is 8.85. The summed E-state index contributed by atoms with van der Waals surface area (Å²) in [5, 5.41) is 4.70. The van der Waals surface area contributed by atoms with Gasteiger partial charge >= 0.3 is 0 Å². The number of fused-ring (bicyclic) bond motifs is 4. The Morgan fingerprint density at radius 3 is 1.68 bits per heavy atom. The van der Waals surface area contributed by atoms with E-state index in [4.69, 9.17) is 15.0 Å². The minimum Gasteiger partial charge on any atom is -0.309 e. The topological polar surface area (TPSA) is 43.6 Å². The van der Waals surface area contributed by atoms with Crippen molar-refractivity contribution in [1.29, 1.82) is 0 Å². The first-order valence-corrected chi connectivity index (χ1v) is 15.8. The van der Waals surface area contributed by atoms with E-state index in [0.717, 1.165) is 49.7 Å². The standard InChI is InChI=1S/C43H28N4/c1-3-12-29(13-4-1)31-22-24-33(25-23-31)42-44-41(32-15-5-2-6-16-32)45-43(46-42)37-19-11-21-39-40(37)36-18-9-10-20-38(36)47(39)35-27-26-30-14-7-8-17-34(30)28-35/h1-28H. The smallest absolute Gasteiger partial charge is 0.164 e. The predicted octanol–water partition coefficient (Wildman–Crippen LogP) is 10.8. The fraction of sp³-hybridized carbons (Fsp3) is 0. The summed E-state index contributed by atoms with van der Waals surface area (Å²) in [7, 11) is 0. The molecule has 0 fully saturated rings. The van der Waals surface area contributed by atoms with Crippen molar-refractivity contribution < 1.29 is 0 Å². The van der Waals surface area contributed by atoms with Gasteiger partial charge in [0.05, 0.1) is 11.0 Å². The van der Waals surface area contributed by atoms with Crippen LogP contribution in [-0.4, -0.2) is 19.5 Å². The van der Waals surface area contributed by atoms with Crippen molar-refractivity contribution >= 4 is 32.6 Å². The molecule has 2 aromatic heterocycles. The summed E-state index contributed by atoms with van der Waals surface area (Å²) in [6.07, 6.45) is 0. The molecule has 0 spiro atoms. The first kappa shape index (κ1) is 27.0. The van der Waals surface area contributed by atoms with Gasteiger partial charge in [0, 0.05) is 33.2 Å². The maximum Gasteiger partial charge on any atom is 0.164 e. The van der Waals surface area contributed by atoms with Gasteiger partial charge in [-0.2, -0.15) is 0 Å². The van der Waals surface area contributed by atoms with Crippen molar-refractivity contribution in [3.05, 3.63) is 170 Å². The van der Waals surface area contributed by atoms with Crippen LogP contribution in [0.2, 0.25) is 0 Å². The van der Waals surface area contributed by atoms with Gasteiger partial charge in [-0.25, -0.2) is 15.0 Å². The molecule has 4 heteroatoms. The molecule has 0 radical (unpaired) electrons. The van der Waals surface area contributed by atoms with Gasteiger partial charge in [-0.1, -0.05) is 146 Å². The van der Waals surface area contributed by atoms with Crippen LogP contribution in [0.5, 0.6) is 0 Å². The highest BCUT2D eigenvalue weighted by Gasteiger charge is 2.19. The normalized spacial score (nSPS) is 11.4. The van der Waals surface area contributed by atoms with E-state index >= 15 is 0 Å². The van der Waals surface area contributed by atoms with Crippen LogP contribution in [0.1, 0.15) is 0 Å². The fourth-order valence-corrected chi connectivity index (χ4v) is 6.58. The number of benzene rings is 7. The largest absolute Gasteiger partial charge is 0.309 e. The van der Waals surface area contributed by atoms with E-state index in [1.54, 1.807) is 0 Å². The van der Waals surface area contributed by atoms with E-state index < -0.39 is 0 Å². The van der Waals surface area contributed by atoms with E-state index in [2.05, 4.69) is 138 Å². The van der Waals surface area contributed by atoms with Gasteiger partial charge in [-0.05, 0) is 46.2 Å². The monoisotopic (exact) mass is 600 g/mol. The van der Waals surface area contributed by atoms with Gasteiger partial charge in [0.25, 0.3) is 0 Å². The molecule has 0 aliphatic heterocycles. The Morgan fingerprint density at radius 2 is 0.915 bits per heavy atom. The van der Waals surface area contributed by atoms with Gasteiger partial charge in [0.2, 0.25) is 0 Å². The molecule has 0 bridgehead atoms. The predicted molar refractivity (Wildman–Crippen MR) is 193 cm³/mol. The molecule has 0 amide bonds. The molecular weight excluding hydrogens is 573 g/mol. The molecule has 2 heterocycles. The molecular formula is C43H28N4. The average Bonchev–Trinajstić information content (AvgIpc) is 3.50. The molecule has 9 rings (SSSR count). The Hall–Kier alpha value is -6.39. The molecule has 7 aromatic carbocycles. The van der Waals surface area contributed by atoms with Crippen LogP contribution in [0, 0.1) is 0 Å². The summed E-state index contributed by atoms with van der Waals surface area (Å²) >= 11 is 0. The summed E-state index contributed by atoms with van der Waals surface area (Å²) in [4.78, 5) is 15.3. The second-order valence-electron chi connectivity index (χ2n) is 11.7. The zero-order valence-corrected chi connectivity index (χ0v) is 25.5. The minimum atomic E-state index is 0.642. The summed E-state index contributed by atoms with van der Waals surface area (Å²) < 4.78 is 2.35. The Kier molecular flexibility index (Phi) is 6.43. The maximum atomic E-state index is 5.15. The van der Waals surface area contributed by atoms with E-state index in [1.165, 1.54) is 16.3 Å². The zero-order valence-electron chi connectivity index (χ0n) is 25.5. The lowest BCUT2D eigenvalue weighted by Crippen LogP contribution is -2.00. The van der Waals surface area contributed by atoms with Crippen molar-refractivity contribution in [3.63, 3.8) is 0 Å². The molecule has 0 atom stereocenters. The fourth-order valence-electron chi connectivity index (χ4n) is 6.58. The lowest BCUT2D eigenvalue weighted by molar-refractivity contribution is 1.08. The van der Waals surface area contributed by atoms with E-state index in [9.17, 15) is 0 Å². The van der Waals surface area contributed by atoms with E-state index in [0.29, 0.717) is 17.5 Å². The second kappa shape index (κ2) is 11.2. The van der Waals surface area contributed by atoms with Gasteiger partial charge in [0.1, 0.15) is 0 Å².